The number of halogens is 1. The summed E-state index contributed by atoms with van der Waals surface area (Å²) in [5.74, 6) is 1.15. The molecule has 0 spiro atoms. The average Bonchev–Trinajstić information content (AvgIpc) is 3.05. The van der Waals surface area contributed by atoms with E-state index in [0.29, 0.717) is 23.9 Å². The first-order valence-electron chi connectivity index (χ1n) is 7.46. The van der Waals surface area contributed by atoms with E-state index < -0.39 is 0 Å². The Morgan fingerprint density at radius 1 is 1.12 bits per heavy atom. The van der Waals surface area contributed by atoms with Crippen LogP contribution in [0, 0.1) is 10.5 Å². The van der Waals surface area contributed by atoms with E-state index in [1.165, 1.54) is 5.56 Å². The second-order valence-electron chi connectivity index (χ2n) is 5.31. The van der Waals surface area contributed by atoms with Crippen LogP contribution in [0.1, 0.15) is 17.9 Å². The fourth-order valence-corrected chi connectivity index (χ4v) is 2.43. The Morgan fingerprint density at radius 2 is 1.83 bits per heavy atom. The predicted molar refractivity (Wildman–Crippen MR) is 97.6 cm³/mol. The summed E-state index contributed by atoms with van der Waals surface area (Å²) in [6.07, 6.45) is 0.531. The number of esters is 1. The molecule has 0 radical (unpaired) electrons. The summed E-state index contributed by atoms with van der Waals surface area (Å²) in [4.78, 5) is 16.2. The van der Waals surface area contributed by atoms with Crippen molar-refractivity contribution in [2.24, 2.45) is 0 Å². The zero-order valence-electron chi connectivity index (χ0n) is 13.0. The molecule has 0 bridgehead atoms. The van der Waals surface area contributed by atoms with Crippen LogP contribution in [-0.4, -0.2) is 16.1 Å². The van der Waals surface area contributed by atoms with Gasteiger partial charge in [-0.15, -0.1) is 0 Å². The number of hydrogen-bond donors (Lipinski definition) is 0. The maximum absolute atomic E-state index is 11.9. The van der Waals surface area contributed by atoms with Gasteiger partial charge in [-0.3, -0.25) is 4.79 Å². The van der Waals surface area contributed by atoms with Crippen LogP contribution >= 0.6 is 22.6 Å². The third-order valence-electron chi connectivity index (χ3n) is 3.37. The van der Waals surface area contributed by atoms with Gasteiger partial charge in [0.1, 0.15) is 5.75 Å². The minimum atomic E-state index is -0.328. The van der Waals surface area contributed by atoms with Crippen LogP contribution in [0.25, 0.3) is 11.4 Å². The zero-order valence-corrected chi connectivity index (χ0v) is 15.2. The van der Waals surface area contributed by atoms with Crippen LogP contribution in [-0.2, 0) is 11.2 Å². The molecule has 0 aliphatic heterocycles. The van der Waals surface area contributed by atoms with Gasteiger partial charge >= 0.3 is 5.97 Å². The fraction of sp³-hybridized carbons (Fsp3) is 0.167. The van der Waals surface area contributed by atoms with Crippen molar-refractivity contribution in [1.82, 2.24) is 10.1 Å². The number of aromatic nitrogens is 2. The second kappa shape index (κ2) is 7.57. The first kappa shape index (κ1) is 16.6. The van der Waals surface area contributed by atoms with Crippen molar-refractivity contribution in [3.8, 4) is 17.1 Å². The van der Waals surface area contributed by atoms with E-state index in [9.17, 15) is 4.79 Å². The lowest BCUT2D eigenvalue weighted by Gasteiger charge is -2.02. The van der Waals surface area contributed by atoms with Crippen LogP contribution in [0.2, 0.25) is 0 Å². The summed E-state index contributed by atoms with van der Waals surface area (Å²) in [7, 11) is 0. The van der Waals surface area contributed by atoms with E-state index in [-0.39, 0.29) is 12.4 Å². The SMILES string of the molecule is Cc1ccc(-c2noc(CCC(=O)Oc3ccc(I)cc3)n2)cc1. The minimum Gasteiger partial charge on any atom is -0.427 e. The van der Waals surface area contributed by atoms with E-state index in [0.717, 1.165) is 9.13 Å². The molecule has 5 nitrogen and oxygen atoms in total. The number of hydrogen-bond acceptors (Lipinski definition) is 5. The third kappa shape index (κ3) is 4.41. The van der Waals surface area contributed by atoms with E-state index in [1.54, 1.807) is 12.1 Å². The van der Waals surface area contributed by atoms with Gasteiger partial charge in [-0.05, 0) is 53.8 Å². The van der Waals surface area contributed by atoms with Gasteiger partial charge in [-0.25, -0.2) is 0 Å². The Bertz CT molecular complexity index is 826. The van der Waals surface area contributed by atoms with Crippen molar-refractivity contribution in [3.05, 3.63) is 63.6 Å². The fourth-order valence-electron chi connectivity index (χ4n) is 2.07. The van der Waals surface area contributed by atoms with Gasteiger partial charge in [0.15, 0.2) is 0 Å². The number of benzene rings is 2. The molecule has 0 aliphatic rings. The number of carbonyl (C=O) groups is 1. The molecule has 122 valence electrons. The number of rotatable bonds is 5. The number of ether oxygens (including phenoxy) is 1. The Kier molecular flexibility index (Phi) is 5.24. The number of nitrogens with zero attached hydrogens (tertiary/aromatic N) is 2. The Balaban J connectivity index is 1.56. The monoisotopic (exact) mass is 434 g/mol. The van der Waals surface area contributed by atoms with E-state index in [2.05, 4.69) is 32.7 Å². The summed E-state index contributed by atoms with van der Waals surface area (Å²) in [5, 5.41) is 3.95. The second-order valence-corrected chi connectivity index (χ2v) is 6.55. The van der Waals surface area contributed by atoms with Crippen LogP contribution in [0.3, 0.4) is 0 Å². The topological polar surface area (TPSA) is 65.2 Å². The normalized spacial score (nSPS) is 10.6. The molecular formula is C18H15IN2O3. The summed E-state index contributed by atoms with van der Waals surface area (Å²) < 4.78 is 11.5. The van der Waals surface area contributed by atoms with Gasteiger partial charge in [0.05, 0.1) is 6.42 Å². The molecule has 1 heterocycles. The van der Waals surface area contributed by atoms with Gasteiger partial charge in [0.2, 0.25) is 11.7 Å². The third-order valence-corrected chi connectivity index (χ3v) is 4.09. The molecule has 0 N–H and O–H groups in total. The van der Waals surface area contributed by atoms with Crippen LogP contribution in [0.15, 0.2) is 53.1 Å². The standard InChI is InChI=1S/C18H15IN2O3/c1-12-2-4-13(5-3-12)18-20-16(24-21-18)10-11-17(22)23-15-8-6-14(19)7-9-15/h2-9H,10-11H2,1H3. The van der Waals surface area contributed by atoms with Gasteiger partial charge in [-0.2, -0.15) is 4.98 Å². The van der Waals surface area contributed by atoms with Gasteiger partial charge in [-0.1, -0.05) is 35.0 Å². The molecule has 0 atom stereocenters. The van der Waals surface area contributed by atoms with Crippen molar-refractivity contribution in [2.45, 2.75) is 19.8 Å². The molecule has 0 saturated heterocycles. The smallest absolute Gasteiger partial charge is 0.311 e. The summed E-state index contributed by atoms with van der Waals surface area (Å²) in [5.41, 5.74) is 2.05. The maximum Gasteiger partial charge on any atom is 0.311 e. The number of carbonyl (C=O) groups excluding carboxylic acids is 1. The minimum absolute atomic E-state index is 0.182. The van der Waals surface area contributed by atoms with E-state index >= 15 is 0 Å². The molecule has 0 aliphatic carbocycles. The highest BCUT2D eigenvalue weighted by Gasteiger charge is 2.12. The molecule has 2 aromatic carbocycles. The van der Waals surface area contributed by atoms with Crippen molar-refractivity contribution in [1.29, 1.82) is 0 Å². The summed E-state index contributed by atoms with van der Waals surface area (Å²) in [6.45, 7) is 2.02. The lowest BCUT2D eigenvalue weighted by molar-refractivity contribution is -0.134. The highest BCUT2D eigenvalue weighted by Crippen LogP contribution is 2.17. The average molecular weight is 434 g/mol. The Hall–Kier alpha value is -2.22. The molecule has 6 heteroatoms. The molecule has 0 fully saturated rings. The maximum atomic E-state index is 11.9. The molecule has 1 aromatic heterocycles. The van der Waals surface area contributed by atoms with Gasteiger partial charge in [0.25, 0.3) is 0 Å². The lowest BCUT2D eigenvalue weighted by atomic mass is 10.1. The Labute approximate surface area is 153 Å². The van der Waals surface area contributed by atoms with E-state index in [1.807, 2.05) is 43.3 Å². The van der Waals surface area contributed by atoms with Crippen molar-refractivity contribution in [2.75, 3.05) is 0 Å². The van der Waals surface area contributed by atoms with Crippen molar-refractivity contribution >= 4 is 28.6 Å². The molecule has 3 rings (SSSR count). The van der Waals surface area contributed by atoms with Crippen LogP contribution in [0.4, 0.5) is 0 Å². The largest absolute Gasteiger partial charge is 0.427 e. The molecular weight excluding hydrogens is 419 g/mol. The van der Waals surface area contributed by atoms with Crippen molar-refractivity contribution in [3.63, 3.8) is 0 Å². The van der Waals surface area contributed by atoms with Crippen molar-refractivity contribution < 1.29 is 14.1 Å². The van der Waals surface area contributed by atoms with E-state index in [4.69, 9.17) is 9.26 Å². The highest BCUT2D eigenvalue weighted by atomic mass is 127. The zero-order chi connectivity index (χ0) is 16.9. The number of aryl methyl sites for hydroxylation is 2. The van der Waals surface area contributed by atoms with Crippen LogP contribution in [0.5, 0.6) is 5.75 Å². The highest BCUT2D eigenvalue weighted by molar-refractivity contribution is 14.1. The van der Waals surface area contributed by atoms with Gasteiger partial charge < -0.3 is 9.26 Å². The van der Waals surface area contributed by atoms with Crippen LogP contribution < -0.4 is 4.74 Å². The predicted octanol–water partition coefficient (Wildman–Crippen LogP) is 4.19. The lowest BCUT2D eigenvalue weighted by Crippen LogP contribution is -2.09. The first-order valence-corrected chi connectivity index (χ1v) is 8.54. The van der Waals surface area contributed by atoms with Gasteiger partial charge in [0, 0.05) is 15.6 Å². The molecule has 0 unspecified atom stereocenters. The Morgan fingerprint density at radius 3 is 2.54 bits per heavy atom. The molecule has 0 amide bonds. The quantitative estimate of drug-likeness (QED) is 0.343. The first-order chi connectivity index (χ1) is 11.6. The molecule has 3 aromatic rings. The molecule has 0 saturated carbocycles. The summed E-state index contributed by atoms with van der Waals surface area (Å²) in [6, 6.07) is 15.2. The molecule has 24 heavy (non-hydrogen) atoms. The summed E-state index contributed by atoms with van der Waals surface area (Å²) >= 11 is 2.20.